The normalized spacial score (nSPS) is 11.4. The second kappa shape index (κ2) is 6.27. The maximum absolute atomic E-state index is 12.0. The summed E-state index contributed by atoms with van der Waals surface area (Å²) in [5.41, 5.74) is 0.323. The summed E-state index contributed by atoms with van der Waals surface area (Å²) in [5.74, 6) is -3.64. The third kappa shape index (κ3) is 5.59. The molecule has 0 fully saturated rings. The highest BCUT2D eigenvalue weighted by atomic mass is 19.4. The van der Waals surface area contributed by atoms with Gasteiger partial charge in [0, 0.05) is 5.92 Å². The van der Waals surface area contributed by atoms with Crippen molar-refractivity contribution in [2.24, 2.45) is 0 Å². The van der Waals surface area contributed by atoms with E-state index in [4.69, 9.17) is 10.2 Å². The smallest absolute Gasteiger partial charge is 0.481 e. The van der Waals surface area contributed by atoms with Crippen molar-refractivity contribution in [1.82, 2.24) is 0 Å². The first kappa shape index (κ1) is 15.8. The Bertz CT molecular complexity index is 465. The number of carboxylic acids is 2. The molecule has 5 nitrogen and oxygen atoms in total. The monoisotopic (exact) mass is 292 g/mol. The van der Waals surface area contributed by atoms with Gasteiger partial charge < -0.3 is 14.9 Å². The maximum atomic E-state index is 12.0. The molecular weight excluding hydrogens is 281 g/mol. The van der Waals surface area contributed by atoms with Crippen molar-refractivity contribution in [1.29, 1.82) is 0 Å². The van der Waals surface area contributed by atoms with E-state index in [-0.39, 0.29) is 0 Å². The zero-order chi connectivity index (χ0) is 15.3. The topological polar surface area (TPSA) is 83.8 Å². The third-order valence-electron chi connectivity index (χ3n) is 2.43. The number of aliphatic carboxylic acids is 2. The standard InChI is InChI=1S/C12H11F3O5/c13-12(14,15)20-9-3-1-7(2-4-9)8(5-10(16)17)6-11(18)19/h1-4,8H,5-6H2,(H,16,17)(H,18,19). The van der Waals surface area contributed by atoms with Crippen LogP contribution in [-0.2, 0) is 9.59 Å². The molecule has 0 unspecified atom stereocenters. The Labute approximate surface area is 111 Å². The van der Waals surface area contributed by atoms with Gasteiger partial charge in [0.2, 0.25) is 0 Å². The lowest BCUT2D eigenvalue weighted by atomic mass is 9.92. The largest absolute Gasteiger partial charge is 0.573 e. The molecule has 0 aliphatic carbocycles. The number of alkyl halides is 3. The quantitative estimate of drug-likeness (QED) is 0.842. The van der Waals surface area contributed by atoms with Gasteiger partial charge in [0.1, 0.15) is 5.75 Å². The summed E-state index contributed by atoms with van der Waals surface area (Å²) in [6, 6.07) is 4.47. The molecule has 0 atom stereocenters. The molecule has 0 aromatic heterocycles. The molecule has 1 aromatic carbocycles. The minimum atomic E-state index is -4.82. The van der Waals surface area contributed by atoms with Crippen molar-refractivity contribution >= 4 is 11.9 Å². The average molecular weight is 292 g/mol. The first-order valence-corrected chi connectivity index (χ1v) is 5.46. The lowest BCUT2D eigenvalue weighted by molar-refractivity contribution is -0.274. The molecule has 0 spiro atoms. The van der Waals surface area contributed by atoms with Crippen LogP contribution in [0.3, 0.4) is 0 Å². The summed E-state index contributed by atoms with van der Waals surface area (Å²) in [4.78, 5) is 21.3. The van der Waals surface area contributed by atoms with Crippen molar-refractivity contribution in [2.75, 3.05) is 0 Å². The molecule has 1 rings (SSSR count). The molecule has 1 aromatic rings. The van der Waals surface area contributed by atoms with Gasteiger partial charge in [-0.3, -0.25) is 9.59 Å². The highest BCUT2D eigenvalue weighted by Gasteiger charge is 2.31. The fraction of sp³-hybridized carbons (Fsp3) is 0.333. The average Bonchev–Trinajstić information content (AvgIpc) is 2.25. The van der Waals surface area contributed by atoms with Crippen LogP contribution in [0.5, 0.6) is 5.75 Å². The number of hydrogen-bond acceptors (Lipinski definition) is 3. The molecule has 0 saturated carbocycles. The van der Waals surface area contributed by atoms with Gasteiger partial charge in [-0.15, -0.1) is 13.2 Å². The predicted molar refractivity (Wildman–Crippen MR) is 60.4 cm³/mol. The van der Waals surface area contributed by atoms with Crippen molar-refractivity contribution in [3.63, 3.8) is 0 Å². The summed E-state index contributed by atoms with van der Waals surface area (Å²) in [5, 5.41) is 17.4. The van der Waals surface area contributed by atoms with E-state index < -0.39 is 42.8 Å². The number of hydrogen-bond donors (Lipinski definition) is 2. The van der Waals surface area contributed by atoms with Crippen LogP contribution in [0, 0.1) is 0 Å². The predicted octanol–water partition coefficient (Wildman–Crippen LogP) is 2.62. The number of rotatable bonds is 6. The Morgan fingerprint density at radius 2 is 1.50 bits per heavy atom. The van der Waals surface area contributed by atoms with E-state index in [1.807, 2.05) is 0 Å². The van der Waals surface area contributed by atoms with Crippen molar-refractivity contribution in [3.05, 3.63) is 29.8 Å². The van der Waals surface area contributed by atoms with Crippen LogP contribution in [0.25, 0.3) is 0 Å². The van der Waals surface area contributed by atoms with E-state index in [0.29, 0.717) is 5.56 Å². The molecule has 0 amide bonds. The zero-order valence-electron chi connectivity index (χ0n) is 10.1. The van der Waals surface area contributed by atoms with Crippen molar-refractivity contribution in [3.8, 4) is 5.75 Å². The second-order valence-electron chi connectivity index (χ2n) is 4.01. The molecule has 2 N–H and O–H groups in total. The van der Waals surface area contributed by atoms with Crippen LogP contribution in [-0.4, -0.2) is 28.5 Å². The lowest BCUT2D eigenvalue weighted by Crippen LogP contribution is -2.17. The first-order chi connectivity index (χ1) is 9.17. The fourth-order valence-corrected chi connectivity index (χ4v) is 1.67. The summed E-state index contributed by atoms with van der Waals surface area (Å²) in [6.07, 6.45) is -5.67. The highest BCUT2D eigenvalue weighted by molar-refractivity contribution is 5.72. The summed E-state index contributed by atoms with van der Waals surface area (Å²) < 4.78 is 39.6. The van der Waals surface area contributed by atoms with E-state index in [0.717, 1.165) is 12.1 Å². The molecule has 0 heterocycles. The lowest BCUT2D eigenvalue weighted by Gasteiger charge is -2.14. The molecule has 8 heteroatoms. The van der Waals surface area contributed by atoms with E-state index in [9.17, 15) is 22.8 Å². The molecule has 0 radical (unpaired) electrons. The van der Waals surface area contributed by atoms with Gasteiger partial charge in [-0.1, -0.05) is 12.1 Å². The van der Waals surface area contributed by atoms with Gasteiger partial charge in [0.25, 0.3) is 0 Å². The first-order valence-electron chi connectivity index (χ1n) is 5.46. The Morgan fingerprint density at radius 3 is 1.85 bits per heavy atom. The van der Waals surface area contributed by atoms with Crippen LogP contribution >= 0.6 is 0 Å². The van der Waals surface area contributed by atoms with Crippen LogP contribution in [0.15, 0.2) is 24.3 Å². The molecule has 0 aliphatic rings. The Hall–Kier alpha value is -2.25. The molecule has 0 saturated heterocycles. The van der Waals surface area contributed by atoms with Gasteiger partial charge >= 0.3 is 18.3 Å². The van der Waals surface area contributed by atoms with E-state index in [1.165, 1.54) is 12.1 Å². The number of ether oxygens (including phenoxy) is 1. The van der Waals surface area contributed by atoms with Gasteiger partial charge in [-0.25, -0.2) is 0 Å². The Balaban J connectivity index is 2.86. The molecular formula is C12H11F3O5. The SMILES string of the molecule is O=C(O)CC(CC(=O)O)c1ccc(OC(F)(F)F)cc1. The van der Waals surface area contributed by atoms with Gasteiger partial charge in [-0.05, 0) is 17.7 Å². The van der Waals surface area contributed by atoms with E-state index in [1.54, 1.807) is 0 Å². The summed E-state index contributed by atoms with van der Waals surface area (Å²) in [7, 11) is 0. The van der Waals surface area contributed by atoms with Gasteiger partial charge in [0.05, 0.1) is 12.8 Å². The van der Waals surface area contributed by atoms with Crippen LogP contribution in [0.2, 0.25) is 0 Å². The fourth-order valence-electron chi connectivity index (χ4n) is 1.67. The minimum absolute atomic E-state index is 0.323. The van der Waals surface area contributed by atoms with E-state index >= 15 is 0 Å². The number of carboxylic acid groups (broad SMARTS) is 2. The Morgan fingerprint density at radius 1 is 1.05 bits per heavy atom. The highest BCUT2D eigenvalue weighted by Crippen LogP contribution is 2.28. The van der Waals surface area contributed by atoms with Crippen molar-refractivity contribution < 1.29 is 37.7 Å². The molecule has 0 aliphatic heterocycles. The number of carbonyl (C=O) groups is 2. The second-order valence-corrected chi connectivity index (χ2v) is 4.01. The molecule has 0 bridgehead atoms. The van der Waals surface area contributed by atoms with Gasteiger partial charge in [-0.2, -0.15) is 0 Å². The minimum Gasteiger partial charge on any atom is -0.481 e. The van der Waals surface area contributed by atoms with E-state index in [2.05, 4.69) is 4.74 Å². The summed E-state index contributed by atoms with van der Waals surface area (Å²) in [6.45, 7) is 0. The summed E-state index contributed by atoms with van der Waals surface area (Å²) >= 11 is 0. The van der Waals surface area contributed by atoms with Crippen molar-refractivity contribution in [2.45, 2.75) is 25.1 Å². The molecule has 110 valence electrons. The van der Waals surface area contributed by atoms with Gasteiger partial charge in [0.15, 0.2) is 0 Å². The number of halogens is 3. The molecule has 20 heavy (non-hydrogen) atoms. The van der Waals surface area contributed by atoms with Crippen LogP contribution in [0.4, 0.5) is 13.2 Å². The zero-order valence-corrected chi connectivity index (χ0v) is 10.1. The van der Waals surface area contributed by atoms with Crippen LogP contribution in [0.1, 0.15) is 24.3 Å². The number of benzene rings is 1. The third-order valence-corrected chi connectivity index (χ3v) is 2.43. The van der Waals surface area contributed by atoms with Crippen LogP contribution < -0.4 is 4.74 Å². The maximum Gasteiger partial charge on any atom is 0.573 e. The Kier molecular flexibility index (Phi) is 4.95.